The lowest BCUT2D eigenvalue weighted by Gasteiger charge is -2.25. The number of rotatable bonds is 4. The van der Waals surface area contributed by atoms with Gasteiger partial charge in [-0.3, -0.25) is 4.98 Å². The molecule has 27 heavy (non-hydrogen) atoms. The van der Waals surface area contributed by atoms with E-state index in [1.54, 1.807) is 6.20 Å². The summed E-state index contributed by atoms with van der Waals surface area (Å²) in [4.78, 5) is 13.6. The third-order valence-electron chi connectivity index (χ3n) is 5.10. The molecule has 1 aliphatic carbocycles. The van der Waals surface area contributed by atoms with Crippen molar-refractivity contribution in [1.82, 2.24) is 20.3 Å². The molecule has 0 spiro atoms. The Labute approximate surface area is 157 Å². The highest BCUT2D eigenvalue weighted by molar-refractivity contribution is 5.77. The normalized spacial score (nSPS) is 16.4. The number of hydrogen-bond acceptors (Lipinski definition) is 5. The summed E-state index contributed by atoms with van der Waals surface area (Å²) in [6.07, 6.45) is 8.74. The molecule has 1 aromatic carbocycles. The van der Waals surface area contributed by atoms with Crippen LogP contribution in [0.3, 0.4) is 0 Å². The van der Waals surface area contributed by atoms with Gasteiger partial charge in [-0.05, 0) is 43.5 Å². The molecule has 0 amide bonds. The Morgan fingerprint density at radius 2 is 2.07 bits per heavy atom. The Morgan fingerprint density at radius 1 is 1.11 bits per heavy atom. The quantitative estimate of drug-likeness (QED) is 0.585. The lowest BCUT2D eigenvalue weighted by Crippen LogP contribution is -2.25. The molecule has 0 saturated carbocycles. The van der Waals surface area contributed by atoms with Crippen LogP contribution in [-0.2, 0) is 13.0 Å². The first-order chi connectivity index (χ1) is 13.4. The van der Waals surface area contributed by atoms with Crippen molar-refractivity contribution in [1.29, 1.82) is 0 Å². The summed E-state index contributed by atoms with van der Waals surface area (Å²) in [6, 6.07) is 14.4. The standard InChI is InChI=1S/C22H20N4O/c1-2-9-21-15(5-1)11-17(27-21)13-24-19-7-3-8-20-18(19)14-25-22(26-20)16-6-4-10-23-12-16/h1-2,4-6,9-12,14,19,24H,3,7-8,13H2. The molecule has 5 nitrogen and oxygen atoms in total. The van der Waals surface area contributed by atoms with Crippen LogP contribution in [0.15, 0.2) is 65.5 Å². The van der Waals surface area contributed by atoms with Gasteiger partial charge in [0.2, 0.25) is 0 Å². The second kappa shape index (κ2) is 6.93. The summed E-state index contributed by atoms with van der Waals surface area (Å²) < 4.78 is 5.92. The van der Waals surface area contributed by atoms with Crippen LogP contribution in [0.4, 0.5) is 0 Å². The van der Waals surface area contributed by atoms with Gasteiger partial charge in [0.25, 0.3) is 0 Å². The number of hydrogen-bond donors (Lipinski definition) is 1. The first-order valence-electron chi connectivity index (χ1n) is 9.34. The van der Waals surface area contributed by atoms with Crippen molar-refractivity contribution in [3.05, 3.63) is 78.1 Å². The van der Waals surface area contributed by atoms with E-state index in [1.807, 2.05) is 42.7 Å². The van der Waals surface area contributed by atoms with Crippen LogP contribution < -0.4 is 5.32 Å². The number of aromatic nitrogens is 3. The van der Waals surface area contributed by atoms with Gasteiger partial charge in [-0.2, -0.15) is 0 Å². The molecular formula is C22H20N4O. The first kappa shape index (κ1) is 16.1. The zero-order valence-corrected chi connectivity index (χ0v) is 14.9. The Hall–Kier alpha value is -3.05. The van der Waals surface area contributed by atoms with E-state index in [0.717, 1.165) is 53.1 Å². The average molecular weight is 356 g/mol. The topological polar surface area (TPSA) is 63.8 Å². The number of benzene rings is 1. The Morgan fingerprint density at radius 3 is 2.96 bits per heavy atom. The van der Waals surface area contributed by atoms with Gasteiger partial charge in [0.05, 0.1) is 6.54 Å². The van der Waals surface area contributed by atoms with Crippen LogP contribution in [0, 0.1) is 0 Å². The van der Waals surface area contributed by atoms with Gasteiger partial charge < -0.3 is 9.73 Å². The fourth-order valence-electron chi connectivity index (χ4n) is 3.74. The van der Waals surface area contributed by atoms with E-state index in [2.05, 4.69) is 27.4 Å². The molecule has 1 atom stereocenters. The number of nitrogens with one attached hydrogen (secondary N) is 1. The van der Waals surface area contributed by atoms with E-state index in [-0.39, 0.29) is 6.04 Å². The fraction of sp³-hybridized carbons (Fsp3) is 0.227. The van der Waals surface area contributed by atoms with Crippen LogP contribution >= 0.6 is 0 Å². The maximum Gasteiger partial charge on any atom is 0.160 e. The van der Waals surface area contributed by atoms with Crippen LogP contribution in [-0.4, -0.2) is 15.0 Å². The summed E-state index contributed by atoms with van der Waals surface area (Å²) >= 11 is 0. The highest BCUT2D eigenvalue weighted by atomic mass is 16.3. The van der Waals surface area contributed by atoms with Crippen LogP contribution in [0.2, 0.25) is 0 Å². The minimum atomic E-state index is 0.255. The SMILES string of the molecule is c1cncc(-c2ncc3c(n2)CCCC3NCc2cc3ccccc3o2)c1. The Balaban J connectivity index is 1.36. The van der Waals surface area contributed by atoms with E-state index in [4.69, 9.17) is 9.40 Å². The van der Waals surface area contributed by atoms with Gasteiger partial charge in [-0.15, -0.1) is 0 Å². The zero-order valence-electron chi connectivity index (χ0n) is 14.9. The molecule has 1 unspecified atom stereocenters. The third kappa shape index (κ3) is 3.22. The number of furan rings is 1. The van der Waals surface area contributed by atoms with Gasteiger partial charge in [0.1, 0.15) is 11.3 Å². The third-order valence-corrected chi connectivity index (χ3v) is 5.10. The largest absolute Gasteiger partial charge is 0.460 e. The number of aryl methyl sites for hydroxylation is 1. The molecule has 0 radical (unpaired) electrons. The predicted molar refractivity (Wildman–Crippen MR) is 104 cm³/mol. The van der Waals surface area contributed by atoms with Crippen LogP contribution in [0.25, 0.3) is 22.4 Å². The first-order valence-corrected chi connectivity index (χ1v) is 9.34. The molecule has 5 heteroatoms. The fourth-order valence-corrected chi connectivity index (χ4v) is 3.74. The van der Waals surface area contributed by atoms with E-state index < -0.39 is 0 Å². The molecule has 3 aromatic heterocycles. The molecule has 4 aromatic rings. The van der Waals surface area contributed by atoms with Gasteiger partial charge in [0.15, 0.2) is 5.82 Å². The monoisotopic (exact) mass is 356 g/mol. The summed E-state index contributed by atoms with van der Waals surface area (Å²) in [7, 11) is 0. The lowest BCUT2D eigenvalue weighted by atomic mass is 9.92. The molecule has 0 saturated heterocycles. The Bertz CT molecular complexity index is 1040. The van der Waals surface area contributed by atoms with Crippen molar-refractivity contribution >= 4 is 11.0 Å². The zero-order chi connectivity index (χ0) is 18.1. The van der Waals surface area contributed by atoms with Gasteiger partial charge >= 0.3 is 0 Å². The minimum absolute atomic E-state index is 0.255. The number of nitrogens with zero attached hydrogens (tertiary/aromatic N) is 3. The maximum absolute atomic E-state index is 5.92. The molecule has 0 aliphatic heterocycles. The van der Waals surface area contributed by atoms with Crippen molar-refractivity contribution in [2.24, 2.45) is 0 Å². The van der Waals surface area contributed by atoms with Gasteiger partial charge in [0, 0.05) is 46.8 Å². The van der Waals surface area contributed by atoms with Gasteiger partial charge in [-0.1, -0.05) is 18.2 Å². The molecule has 0 fully saturated rings. The number of para-hydroxylation sites is 1. The van der Waals surface area contributed by atoms with Crippen LogP contribution in [0.1, 0.15) is 35.9 Å². The van der Waals surface area contributed by atoms with Crippen molar-refractivity contribution in [3.63, 3.8) is 0 Å². The molecule has 0 bridgehead atoms. The van der Waals surface area contributed by atoms with E-state index >= 15 is 0 Å². The lowest BCUT2D eigenvalue weighted by molar-refractivity contribution is 0.422. The van der Waals surface area contributed by atoms with E-state index in [1.165, 1.54) is 5.56 Å². The molecule has 5 rings (SSSR count). The van der Waals surface area contributed by atoms with Crippen molar-refractivity contribution in [2.75, 3.05) is 0 Å². The van der Waals surface area contributed by atoms with Crippen molar-refractivity contribution in [3.8, 4) is 11.4 Å². The second-order valence-corrected chi connectivity index (χ2v) is 6.91. The summed E-state index contributed by atoms with van der Waals surface area (Å²) in [6.45, 7) is 0.698. The predicted octanol–water partition coefficient (Wildman–Crippen LogP) is 4.45. The van der Waals surface area contributed by atoms with E-state index in [0.29, 0.717) is 6.54 Å². The molecule has 1 aliphatic rings. The highest BCUT2D eigenvalue weighted by Gasteiger charge is 2.22. The molecule has 134 valence electrons. The molecule has 1 N–H and O–H groups in total. The van der Waals surface area contributed by atoms with Crippen LogP contribution in [0.5, 0.6) is 0 Å². The van der Waals surface area contributed by atoms with Crippen molar-refractivity contribution < 1.29 is 4.42 Å². The second-order valence-electron chi connectivity index (χ2n) is 6.91. The molecular weight excluding hydrogens is 336 g/mol. The van der Waals surface area contributed by atoms with Crippen molar-refractivity contribution in [2.45, 2.75) is 31.8 Å². The van der Waals surface area contributed by atoms with Gasteiger partial charge in [-0.25, -0.2) is 9.97 Å². The average Bonchev–Trinajstić information content (AvgIpc) is 3.15. The minimum Gasteiger partial charge on any atom is -0.460 e. The molecule has 3 heterocycles. The highest BCUT2D eigenvalue weighted by Crippen LogP contribution is 2.30. The van der Waals surface area contributed by atoms with E-state index in [9.17, 15) is 0 Å². The Kier molecular flexibility index (Phi) is 4.14. The summed E-state index contributed by atoms with van der Waals surface area (Å²) in [5.41, 5.74) is 4.22. The number of pyridine rings is 1. The maximum atomic E-state index is 5.92. The smallest absolute Gasteiger partial charge is 0.160 e. The summed E-state index contributed by atoms with van der Waals surface area (Å²) in [5.74, 6) is 1.70. The number of fused-ring (bicyclic) bond motifs is 2. The summed E-state index contributed by atoms with van der Waals surface area (Å²) in [5, 5.41) is 4.77.